The fraction of sp³-hybridized carbons (Fsp3) is 0.389. The molecular weight excluding hydrogens is 320 g/mol. The van der Waals surface area contributed by atoms with Crippen molar-refractivity contribution in [3.8, 4) is 0 Å². The Morgan fingerprint density at radius 1 is 1.21 bits per heavy atom. The lowest BCUT2D eigenvalue weighted by atomic mass is 9.93. The molecule has 0 aromatic carbocycles. The number of hydrogen-bond acceptors (Lipinski definition) is 4. The van der Waals surface area contributed by atoms with E-state index in [1.807, 2.05) is 4.90 Å². The Kier molecular flexibility index (Phi) is 3.84. The molecule has 0 radical (unpaired) electrons. The minimum atomic E-state index is 0.106. The molecule has 1 aliphatic rings. The van der Waals surface area contributed by atoms with Crippen molar-refractivity contribution in [3.63, 3.8) is 0 Å². The number of carbonyl (C=O) groups is 1. The quantitative estimate of drug-likeness (QED) is 0.718. The molecule has 5 nitrogen and oxygen atoms in total. The zero-order valence-corrected chi connectivity index (χ0v) is 14.7. The Hall–Kier alpha value is -2.21. The highest BCUT2D eigenvalue weighted by Gasteiger charge is 2.28. The first-order chi connectivity index (χ1) is 11.6. The van der Waals surface area contributed by atoms with Gasteiger partial charge in [0.15, 0.2) is 0 Å². The van der Waals surface area contributed by atoms with E-state index in [1.165, 1.54) is 16.2 Å². The Balaban J connectivity index is 1.51. The van der Waals surface area contributed by atoms with Gasteiger partial charge in [-0.25, -0.2) is 4.98 Å². The van der Waals surface area contributed by atoms with Gasteiger partial charge in [-0.05, 0) is 38.8 Å². The maximum Gasteiger partial charge on any atom is 0.253 e. The number of pyridine rings is 1. The molecule has 124 valence electrons. The van der Waals surface area contributed by atoms with Crippen molar-refractivity contribution in [2.45, 2.75) is 32.6 Å². The number of piperidine rings is 1. The summed E-state index contributed by atoms with van der Waals surface area (Å²) in [7, 11) is 0. The average molecular weight is 340 g/mol. The molecule has 4 rings (SSSR count). The number of likely N-dealkylation sites (tertiary alicyclic amines) is 1. The van der Waals surface area contributed by atoms with E-state index in [9.17, 15) is 4.79 Å². The van der Waals surface area contributed by atoms with Gasteiger partial charge < -0.3 is 4.90 Å². The van der Waals surface area contributed by atoms with Crippen molar-refractivity contribution in [2.24, 2.45) is 0 Å². The minimum Gasteiger partial charge on any atom is -0.339 e. The number of nitrogens with zero attached hydrogens (tertiary/aromatic N) is 4. The summed E-state index contributed by atoms with van der Waals surface area (Å²) in [4.78, 5) is 24.6. The second kappa shape index (κ2) is 6.02. The minimum absolute atomic E-state index is 0.106. The highest BCUT2D eigenvalue weighted by atomic mass is 32.1. The third-order valence-electron chi connectivity index (χ3n) is 4.82. The second-order valence-electron chi connectivity index (χ2n) is 6.36. The largest absolute Gasteiger partial charge is 0.339 e. The first kappa shape index (κ1) is 15.3. The number of thiazole rings is 1. The summed E-state index contributed by atoms with van der Waals surface area (Å²) in [5.41, 5.74) is 3.18. The molecule has 3 aromatic rings. The summed E-state index contributed by atoms with van der Waals surface area (Å²) in [5.74, 6) is 1.61. The highest BCUT2D eigenvalue weighted by Crippen LogP contribution is 2.34. The lowest BCUT2D eigenvalue weighted by Crippen LogP contribution is -2.38. The molecule has 1 amide bonds. The molecule has 6 heteroatoms. The fourth-order valence-electron chi connectivity index (χ4n) is 3.55. The summed E-state index contributed by atoms with van der Waals surface area (Å²) in [5, 5.41) is 2.19. The topological polar surface area (TPSA) is 50.5 Å². The average Bonchev–Trinajstić information content (AvgIpc) is 3.16. The van der Waals surface area contributed by atoms with Gasteiger partial charge in [0.05, 0.1) is 5.69 Å². The van der Waals surface area contributed by atoms with Crippen molar-refractivity contribution >= 4 is 22.1 Å². The van der Waals surface area contributed by atoms with Crippen LogP contribution in [-0.2, 0) is 0 Å². The lowest BCUT2D eigenvalue weighted by molar-refractivity contribution is 0.0712. The van der Waals surface area contributed by atoms with Gasteiger partial charge in [-0.1, -0.05) is 0 Å². The molecule has 3 aromatic heterocycles. The van der Waals surface area contributed by atoms with Gasteiger partial charge >= 0.3 is 0 Å². The van der Waals surface area contributed by atoms with E-state index < -0.39 is 0 Å². The van der Waals surface area contributed by atoms with E-state index in [2.05, 4.69) is 28.6 Å². The number of aryl methyl sites for hydroxylation is 2. The van der Waals surface area contributed by atoms with E-state index in [1.54, 1.807) is 35.9 Å². The van der Waals surface area contributed by atoms with E-state index in [0.29, 0.717) is 5.92 Å². The van der Waals surface area contributed by atoms with Crippen molar-refractivity contribution in [2.75, 3.05) is 13.1 Å². The molecule has 4 heterocycles. The molecule has 1 aliphatic heterocycles. The van der Waals surface area contributed by atoms with Gasteiger partial charge in [-0.2, -0.15) is 0 Å². The lowest BCUT2D eigenvalue weighted by Gasteiger charge is -2.31. The first-order valence-electron chi connectivity index (χ1n) is 8.27. The summed E-state index contributed by atoms with van der Waals surface area (Å²) in [6.07, 6.45) is 5.28. The zero-order chi connectivity index (χ0) is 16.7. The van der Waals surface area contributed by atoms with Crippen LogP contribution in [0.2, 0.25) is 0 Å². The maximum atomic E-state index is 12.5. The predicted octanol–water partition coefficient (Wildman–Crippen LogP) is 3.43. The summed E-state index contributed by atoms with van der Waals surface area (Å²) >= 11 is 1.77. The molecule has 1 fully saturated rings. The fourth-order valence-corrected chi connectivity index (χ4v) is 4.66. The van der Waals surface area contributed by atoms with E-state index in [0.717, 1.165) is 37.3 Å². The van der Waals surface area contributed by atoms with Gasteiger partial charge in [-0.3, -0.25) is 14.2 Å². The summed E-state index contributed by atoms with van der Waals surface area (Å²) < 4.78 is 2.24. The van der Waals surface area contributed by atoms with Gasteiger partial charge in [0.1, 0.15) is 10.7 Å². The van der Waals surface area contributed by atoms with Crippen LogP contribution in [-0.4, -0.2) is 38.3 Å². The van der Waals surface area contributed by atoms with Crippen LogP contribution < -0.4 is 0 Å². The van der Waals surface area contributed by atoms with Crippen molar-refractivity contribution in [1.82, 2.24) is 19.3 Å². The van der Waals surface area contributed by atoms with Crippen molar-refractivity contribution in [3.05, 3.63) is 52.7 Å². The predicted molar refractivity (Wildman–Crippen MR) is 94.7 cm³/mol. The molecule has 0 unspecified atom stereocenters. The Morgan fingerprint density at radius 3 is 2.62 bits per heavy atom. The smallest absolute Gasteiger partial charge is 0.253 e. The molecular formula is C18H20N4OS. The molecule has 24 heavy (non-hydrogen) atoms. The van der Waals surface area contributed by atoms with Crippen molar-refractivity contribution < 1.29 is 4.79 Å². The number of amides is 1. The number of imidazole rings is 1. The van der Waals surface area contributed by atoms with E-state index >= 15 is 0 Å². The molecule has 0 N–H and O–H groups in total. The number of rotatable bonds is 2. The second-order valence-corrected chi connectivity index (χ2v) is 7.22. The summed E-state index contributed by atoms with van der Waals surface area (Å²) in [6.45, 7) is 5.76. The van der Waals surface area contributed by atoms with Crippen molar-refractivity contribution in [1.29, 1.82) is 0 Å². The van der Waals surface area contributed by atoms with Crippen LogP contribution in [0.15, 0.2) is 29.9 Å². The molecule has 0 bridgehead atoms. The molecule has 0 atom stereocenters. The standard InChI is InChI=1S/C18H20N4OS/c1-12-11-24-18-16(20-13(2)22(12)18)14-5-9-21(10-6-14)17(23)15-3-7-19-8-4-15/h3-4,7-8,11,14H,5-6,9-10H2,1-2H3. The van der Waals surface area contributed by atoms with Crippen LogP contribution in [0.25, 0.3) is 4.83 Å². The third-order valence-corrected chi connectivity index (χ3v) is 5.89. The first-order valence-corrected chi connectivity index (χ1v) is 9.15. The van der Waals surface area contributed by atoms with Gasteiger partial charge in [-0.15, -0.1) is 11.3 Å². The third kappa shape index (κ3) is 2.51. The van der Waals surface area contributed by atoms with Crippen LogP contribution in [0.4, 0.5) is 0 Å². The molecule has 0 aliphatic carbocycles. The SMILES string of the molecule is Cc1csc2c(C3CCN(C(=O)c4ccncc4)CC3)nc(C)n12. The molecule has 1 saturated heterocycles. The van der Waals surface area contributed by atoms with E-state index in [4.69, 9.17) is 4.98 Å². The van der Waals surface area contributed by atoms with Gasteiger partial charge in [0.2, 0.25) is 0 Å². The number of fused-ring (bicyclic) bond motifs is 1. The van der Waals surface area contributed by atoms with E-state index in [-0.39, 0.29) is 5.91 Å². The Labute approximate surface area is 145 Å². The number of aromatic nitrogens is 3. The van der Waals surface area contributed by atoms with Gasteiger partial charge in [0.25, 0.3) is 5.91 Å². The normalized spacial score (nSPS) is 16.0. The maximum absolute atomic E-state index is 12.5. The molecule has 0 saturated carbocycles. The Morgan fingerprint density at radius 2 is 1.92 bits per heavy atom. The van der Waals surface area contributed by atoms with Crippen LogP contribution >= 0.6 is 11.3 Å². The number of carbonyl (C=O) groups excluding carboxylic acids is 1. The number of hydrogen-bond donors (Lipinski definition) is 0. The monoisotopic (exact) mass is 340 g/mol. The van der Waals surface area contributed by atoms with Gasteiger partial charge in [0, 0.05) is 48.0 Å². The van der Waals surface area contributed by atoms with Crippen LogP contribution in [0.3, 0.4) is 0 Å². The van der Waals surface area contributed by atoms with Crippen LogP contribution in [0, 0.1) is 13.8 Å². The van der Waals surface area contributed by atoms with Crippen LogP contribution in [0.1, 0.15) is 46.3 Å². The van der Waals surface area contributed by atoms with Crippen LogP contribution in [0.5, 0.6) is 0 Å². The molecule has 0 spiro atoms. The highest BCUT2D eigenvalue weighted by molar-refractivity contribution is 7.15. The zero-order valence-electron chi connectivity index (χ0n) is 13.9. The Bertz CT molecular complexity index is 875. The summed E-state index contributed by atoms with van der Waals surface area (Å²) in [6, 6.07) is 3.57.